The Kier molecular flexibility index (Phi) is 26.6. The van der Waals surface area contributed by atoms with Crippen molar-refractivity contribution in [3.63, 3.8) is 0 Å². The third-order valence-electron chi connectivity index (χ3n) is 1.58. The van der Waals surface area contributed by atoms with E-state index in [9.17, 15) is 0 Å². The molecular weight excluding hydrogens is 193 g/mol. The molecule has 0 saturated heterocycles. The van der Waals surface area contributed by atoms with Crippen molar-refractivity contribution in [1.82, 2.24) is 4.90 Å². The highest BCUT2D eigenvalue weighted by Gasteiger charge is 2.07. The molecule has 0 aromatic rings. The van der Waals surface area contributed by atoms with Crippen LogP contribution in [-0.4, -0.2) is 32.4 Å². The molecule has 0 atom stereocenters. The fourth-order valence-corrected chi connectivity index (χ4v) is 0.916. The number of hydrogen-bond acceptors (Lipinski definition) is 1. The summed E-state index contributed by atoms with van der Waals surface area (Å²) in [5, 5.41) is 0. The molecule has 0 fully saturated rings. The first-order valence-electron chi connectivity index (χ1n) is 5.93. The maximum atomic E-state index is 2.42. The lowest BCUT2D eigenvalue weighted by atomic mass is 10.3. The van der Waals surface area contributed by atoms with E-state index in [4.69, 9.17) is 0 Å². The highest BCUT2D eigenvalue weighted by atomic mass is 15.1. The number of nitrogens with zero attached hydrogens (tertiary/aromatic N) is 1. The van der Waals surface area contributed by atoms with Gasteiger partial charge < -0.3 is 0 Å². The Hall–Kier alpha value is -0.235. The molecule has 2 heteroatoms. The Morgan fingerprint density at radius 1 is 0.875 bits per heavy atom. The average Bonchev–Trinajstić information content (AvgIpc) is 2.58. The molecule has 1 aliphatic rings. The summed E-state index contributed by atoms with van der Waals surface area (Å²) in [6, 6.07) is 0.713. The summed E-state index contributed by atoms with van der Waals surface area (Å²) in [7, 11) is 0. The lowest BCUT2D eigenvalue weighted by molar-refractivity contribution is 0.288. The molecule has 16 heavy (non-hydrogen) atoms. The van der Waals surface area contributed by atoms with Crippen molar-refractivity contribution in [2.24, 2.45) is 5.92 Å². The van der Waals surface area contributed by atoms with Gasteiger partial charge in [-0.15, -0.1) is 0 Å². The molecule has 0 amide bonds. The van der Waals surface area contributed by atoms with Crippen LogP contribution in [0.2, 0.25) is 0 Å². The van der Waals surface area contributed by atoms with Gasteiger partial charge in [0.1, 0.15) is 0 Å². The smallest absolute Gasteiger partial charge is 0.0169 e. The van der Waals surface area contributed by atoms with Crippen LogP contribution >= 0.6 is 0 Å². The van der Waals surface area contributed by atoms with Crippen LogP contribution in [0, 0.1) is 5.92 Å². The Morgan fingerprint density at radius 2 is 1.12 bits per heavy atom. The van der Waals surface area contributed by atoms with E-state index in [1.54, 1.807) is 0 Å². The minimum atomic E-state index is 0. The summed E-state index contributed by atoms with van der Waals surface area (Å²) >= 11 is 0. The van der Waals surface area contributed by atoms with E-state index in [0.29, 0.717) is 6.04 Å². The summed E-state index contributed by atoms with van der Waals surface area (Å²) in [4.78, 5) is 2.42. The zero-order valence-electron chi connectivity index (χ0n) is 11.7. The molecule has 1 heterocycles. The van der Waals surface area contributed by atoms with Gasteiger partial charge in [0.05, 0.1) is 0 Å². The first-order chi connectivity index (χ1) is 6.54. The van der Waals surface area contributed by atoms with Crippen LogP contribution in [0.25, 0.3) is 0 Å². The summed E-state index contributed by atoms with van der Waals surface area (Å²) in [5.74, 6) is 0.833. The molecule has 0 aromatic heterocycles. The van der Waals surface area contributed by atoms with Crippen molar-refractivity contribution in [2.75, 3.05) is 13.1 Å². The molecule has 1 nitrogen and oxygen atoms in total. The monoisotopic (exact) mass is 226 g/mol. The van der Waals surface area contributed by atoms with Gasteiger partial charge in [-0.05, 0) is 19.8 Å². The molecule has 0 spiro atoms. The normalized spacial score (nSPS) is 13.1. The maximum Gasteiger partial charge on any atom is 0.0169 e. The molecule has 0 aliphatic carbocycles. The first kappa shape index (κ1) is 24.8. The number of hydrogen-bond donors (Lipinski definition) is 0. The Labute approximate surface area is 107 Å². The van der Waals surface area contributed by atoms with E-state index >= 15 is 0 Å². The fraction of sp³-hybridized carbons (Fsp3) is 0.857. The first-order valence-corrected chi connectivity index (χ1v) is 5.93. The zero-order chi connectivity index (χ0) is 11.6. The van der Waals surface area contributed by atoms with Gasteiger partial charge in [0.15, 0.2) is 0 Å². The molecule has 0 saturated carbocycles. The second kappa shape index (κ2) is 17.2. The molecule has 1 aliphatic heterocycles. The second-order valence-corrected chi connectivity index (χ2v) is 4.25. The zero-order valence-corrected chi connectivity index (χ0v) is 11.7. The van der Waals surface area contributed by atoms with Crippen molar-refractivity contribution < 1.29 is 0 Å². The van der Waals surface area contributed by atoms with Crippen molar-refractivity contribution >= 4 is 8.41 Å². The summed E-state index contributed by atoms with van der Waals surface area (Å²) in [6.45, 7) is 17.3. The molecule has 0 aromatic carbocycles. The van der Waals surface area contributed by atoms with E-state index in [0.717, 1.165) is 19.0 Å². The summed E-state index contributed by atoms with van der Waals surface area (Å²) < 4.78 is 0. The van der Waals surface area contributed by atoms with E-state index in [2.05, 4.69) is 51.7 Å². The third-order valence-corrected chi connectivity index (χ3v) is 1.58. The topological polar surface area (TPSA) is 3.24 Å². The largest absolute Gasteiger partial charge is 0.294 e. The maximum absolute atomic E-state index is 2.42. The standard InChI is InChI=1S/C7H13N.C4H10.C2H6.CH4.B/c1-7(2)8-5-3-4-6-8;1-4(2)3;1-2;;/h3-4,7H,5-6H2,1-2H3;4H,1-3H3;1-2H3;1H4;. The van der Waals surface area contributed by atoms with Crippen LogP contribution in [0.5, 0.6) is 0 Å². The fourth-order valence-electron chi connectivity index (χ4n) is 0.916. The van der Waals surface area contributed by atoms with Crippen LogP contribution < -0.4 is 0 Å². The van der Waals surface area contributed by atoms with Crippen LogP contribution in [-0.2, 0) is 0 Å². The molecule has 0 N–H and O–H groups in total. The van der Waals surface area contributed by atoms with Gasteiger partial charge in [-0.1, -0.05) is 54.2 Å². The van der Waals surface area contributed by atoms with E-state index in [-0.39, 0.29) is 15.8 Å². The Bertz CT molecular complexity index is 120. The lowest BCUT2D eigenvalue weighted by Crippen LogP contribution is -2.27. The minimum Gasteiger partial charge on any atom is -0.294 e. The Balaban J connectivity index is -0.0000000793. The van der Waals surface area contributed by atoms with Gasteiger partial charge in [0.25, 0.3) is 0 Å². The second-order valence-electron chi connectivity index (χ2n) is 4.25. The van der Waals surface area contributed by atoms with E-state index in [1.807, 2.05) is 13.8 Å². The molecule has 0 unspecified atom stereocenters. The van der Waals surface area contributed by atoms with Crippen LogP contribution in [0.4, 0.5) is 0 Å². The molecule has 97 valence electrons. The van der Waals surface area contributed by atoms with Gasteiger partial charge in [0, 0.05) is 27.5 Å². The van der Waals surface area contributed by atoms with Gasteiger partial charge in [-0.2, -0.15) is 0 Å². The lowest BCUT2D eigenvalue weighted by Gasteiger charge is -2.18. The van der Waals surface area contributed by atoms with Gasteiger partial charge in [-0.25, -0.2) is 0 Å². The van der Waals surface area contributed by atoms with E-state index in [1.165, 1.54) is 0 Å². The average molecular weight is 226 g/mol. The third kappa shape index (κ3) is 19.4. The van der Waals surface area contributed by atoms with Crippen molar-refractivity contribution in [3.05, 3.63) is 12.2 Å². The van der Waals surface area contributed by atoms with Crippen LogP contribution in [0.15, 0.2) is 12.2 Å². The van der Waals surface area contributed by atoms with Crippen molar-refractivity contribution in [1.29, 1.82) is 0 Å². The van der Waals surface area contributed by atoms with Gasteiger partial charge in [0.2, 0.25) is 0 Å². The highest BCUT2D eigenvalue weighted by molar-refractivity contribution is 5.75. The molecule has 0 bridgehead atoms. The van der Waals surface area contributed by atoms with Crippen LogP contribution in [0.3, 0.4) is 0 Å². The summed E-state index contributed by atoms with van der Waals surface area (Å²) in [5.41, 5.74) is 0. The highest BCUT2D eigenvalue weighted by Crippen LogP contribution is 2.02. The van der Waals surface area contributed by atoms with E-state index < -0.39 is 0 Å². The van der Waals surface area contributed by atoms with Crippen molar-refractivity contribution in [2.45, 2.75) is 61.9 Å². The molecular formula is C14H33BN. The Morgan fingerprint density at radius 3 is 1.25 bits per heavy atom. The number of rotatable bonds is 1. The minimum absolute atomic E-state index is 0. The van der Waals surface area contributed by atoms with Crippen molar-refractivity contribution in [3.8, 4) is 0 Å². The SMILES string of the molecule is C.CC.CC(C)C.CC(C)N1CC=CC1.[B]. The summed E-state index contributed by atoms with van der Waals surface area (Å²) in [6.07, 6.45) is 4.44. The predicted molar refractivity (Wildman–Crippen MR) is 80.2 cm³/mol. The predicted octanol–water partition coefficient (Wildman–Crippen LogP) is 4.21. The quantitative estimate of drug-likeness (QED) is 0.478. The van der Waals surface area contributed by atoms with Crippen LogP contribution in [0.1, 0.15) is 55.9 Å². The molecule has 1 rings (SSSR count). The van der Waals surface area contributed by atoms with Gasteiger partial charge in [-0.3, -0.25) is 4.90 Å². The molecule has 3 radical (unpaired) electrons. The van der Waals surface area contributed by atoms with Gasteiger partial charge >= 0.3 is 0 Å².